The second-order valence-electron chi connectivity index (χ2n) is 5.53. The number of hydrogen-bond acceptors (Lipinski definition) is 3. The molecule has 0 saturated carbocycles. The predicted molar refractivity (Wildman–Crippen MR) is 91.0 cm³/mol. The standard InChI is InChI=1S/C18H18BrNO3/c19-15-7-6-14-8-9-20(17(11-21)16(14)10-15)18(22)23-12-13-4-2-1-3-5-13/h1-7,10,17,21H,8-9,11-12H2. The summed E-state index contributed by atoms with van der Waals surface area (Å²) < 4.78 is 6.35. The van der Waals surface area contributed by atoms with Crippen molar-refractivity contribution in [3.63, 3.8) is 0 Å². The molecule has 0 fully saturated rings. The van der Waals surface area contributed by atoms with Gasteiger partial charge in [0.05, 0.1) is 12.6 Å². The Kier molecular flexibility index (Phi) is 4.98. The van der Waals surface area contributed by atoms with Crippen LogP contribution in [0.15, 0.2) is 53.0 Å². The largest absolute Gasteiger partial charge is 0.445 e. The van der Waals surface area contributed by atoms with Gasteiger partial charge in [-0.05, 0) is 35.2 Å². The molecule has 4 nitrogen and oxygen atoms in total. The zero-order valence-electron chi connectivity index (χ0n) is 12.6. The van der Waals surface area contributed by atoms with E-state index in [-0.39, 0.29) is 19.3 Å². The third-order valence-electron chi connectivity index (χ3n) is 4.08. The smallest absolute Gasteiger partial charge is 0.410 e. The van der Waals surface area contributed by atoms with Gasteiger partial charge >= 0.3 is 6.09 Å². The van der Waals surface area contributed by atoms with Crippen LogP contribution in [0.5, 0.6) is 0 Å². The van der Waals surface area contributed by atoms with E-state index in [9.17, 15) is 9.90 Å². The highest BCUT2D eigenvalue weighted by atomic mass is 79.9. The summed E-state index contributed by atoms with van der Waals surface area (Å²) in [5.41, 5.74) is 3.09. The van der Waals surface area contributed by atoms with Gasteiger partial charge in [0, 0.05) is 11.0 Å². The fourth-order valence-electron chi connectivity index (χ4n) is 2.89. The summed E-state index contributed by atoms with van der Waals surface area (Å²) in [5.74, 6) is 0. The fourth-order valence-corrected chi connectivity index (χ4v) is 3.26. The Labute approximate surface area is 143 Å². The average Bonchev–Trinajstić information content (AvgIpc) is 2.59. The highest BCUT2D eigenvalue weighted by molar-refractivity contribution is 9.10. The van der Waals surface area contributed by atoms with Gasteiger partial charge in [-0.25, -0.2) is 4.79 Å². The summed E-state index contributed by atoms with van der Waals surface area (Å²) in [4.78, 5) is 14.0. The normalized spacial score (nSPS) is 16.8. The molecule has 3 rings (SSSR count). The third-order valence-corrected chi connectivity index (χ3v) is 4.57. The number of carbonyl (C=O) groups is 1. The molecule has 1 unspecified atom stereocenters. The molecule has 0 aliphatic carbocycles. The van der Waals surface area contributed by atoms with Gasteiger partial charge in [-0.2, -0.15) is 0 Å². The maximum atomic E-state index is 12.4. The van der Waals surface area contributed by atoms with Crippen molar-refractivity contribution in [2.75, 3.05) is 13.2 Å². The molecule has 0 spiro atoms. The first kappa shape index (κ1) is 16.0. The number of halogens is 1. The Morgan fingerprint density at radius 2 is 2.04 bits per heavy atom. The molecule has 0 saturated heterocycles. The Morgan fingerprint density at radius 3 is 2.78 bits per heavy atom. The highest BCUT2D eigenvalue weighted by Gasteiger charge is 2.31. The molecule has 5 heteroatoms. The number of aliphatic hydroxyl groups excluding tert-OH is 1. The number of benzene rings is 2. The third kappa shape index (κ3) is 3.57. The molecule has 0 aromatic heterocycles. The summed E-state index contributed by atoms with van der Waals surface area (Å²) in [6.07, 6.45) is 0.373. The van der Waals surface area contributed by atoms with Gasteiger partial charge < -0.3 is 9.84 Å². The Bertz CT molecular complexity index is 690. The number of aliphatic hydroxyl groups is 1. The van der Waals surface area contributed by atoms with Crippen LogP contribution < -0.4 is 0 Å². The second-order valence-corrected chi connectivity index (χ2v) is 6.44. The summed E-state index contributed by atoms with van der Waals surface area (Å²) in [6.45, 7) is 0.664. The maximum absolute atomic E-state index is 12.4. The predicted octanol–water partition coefficient (Wildman–Crippen LogP) is 3.68. The van der Waals surface area contributed by atoms with Crippen LogP contribution in [-0.2, 0) is 17.8 Å². The Hall–Kier alpha value is -1.85. The Balaban J connectivity index is 1.73. The minimum atomic E-state index is -0.390. The average molecular weight is 376 g/mol. The number of fused-ring (bicyclic) bond motifs is 1. The first-order valence-electron chi connectivity index (χ1n) is 7.55. The van der Waals surface area contributed by atoms with Gasteiger partial charge in [0.2, 0.25) is 0 Å². The van der Waals surface area contributed by atoms with E-state index in [2.05, 4.69) is 15.9 Å². The zero-order chi connectivity index (χ0) is 16.2. The van der Waals surface area contributed by atoms with Crippen LogP contribution in [0.4, 0.5) is 4.79 Å². The van der Waals surface area contributed by atoms with Crippen molar-refractivity contribution in [1.82, 2.24) is 4.90 Å². The molecule has 23 heavy (non-hydrogen) atoms. The van der Waals surface area contributed by atoms with Crippen molar-refractivity contribution in [2.24, 2.45) is 0 Å². The van der Waals surface area contributed by atoms with Crippen molar-refractivity contribution in [2.45, 2.75) is 19.1 Å². The van der Waals surface area contributed by atoms with Crippen molar-refractivity contribution in [3.05, 3.63) is 69.7 Å². The van der Waals surface area contributed by atoms with Crippen molar-refractivity contribution >= 4 is 22.0 Å². The van der Waals surface area contributed by atoms with Crippen LogP contribution >= 0.6 is 15.9 Å². The fraction of sp³-hybridized carbons (Fsp3) is 0.278. The van der Waals surface area contributed by atoms with Gasteiger partial charge in [0.25, 0.3) is 0 Å². The molecule has 2 aromatic carbocycles. The van der Waals surface area contributed by atoms with Crippen molar-refractivity contribution in [1.29, 1.82) is 0 Å². The topological polar surface area (TPSA) is 49.8 Å². The van der Waals surface area contributed by atoms with Crippen molar-refractivity contribution < 1.29 is 14.6 Å². The first-order chi connectivity index (χ1) is 11.2. The van der Waals surface area contributed by atoms with Crippen LogP contribution in [0.3, 0.4) is 0 Å². The van der Waals surface area contributed by atoms with E-state index < -0.39 is 6.09 Å². The lowest BCUT2D eigenvalue weighted by molar-refractivity contribution is 0.0603. The monoisotopic (exact) mass is 375 g/mol. The van der Waals surface area contributed by atoms with Crippen LogP contribution in [0.1, 0.15) is 22.7 Å². The minimum Gasteiger partial charge on any atom is -0.445 e. The highest BCUT2D eigenvalue weighted by Crippen LogP contribution is 2.32. The number of nitrogens with zero attached hydrogens (tertiary/aromatic N) is 1. The lowest BCUT2D eigenvalue weighted by Crippen LogP contribution is -2.41. The minimum absolute atomic E-state index is 0.121. The van der Waals surface area contributed by atoms with Gasteiger partial charge in [-0.15, -0.1) is 0 Å². The van der Waals surface area contributed by atoms with E-state index in [1.807, 2.05) is 48.5 Å². The quantitative estimate of drug-likeness (QED) is 0.889. The molecular weight excluding hydrogens is 358 g/mol. The molecule has 0 bridgehead atoms. The SMILES string of the molecule is O=C(OCc1ccccc1)N1CCc2ccc(Br)cc2C1CO. The zero-order valence-corrected chi connectivity index (χ0v) is 14.2. The molecule has 1 amide bonds. The number of ether oxygens (including phenoxy) is 1. The molecule has 1 N–H and O–H groups in total. The van der Waals surface area contributed by atoms with Gasteiger partial charge in [-0.1, -0.05) is 52.3 Å². The van der Waals surface area contributed by atoms with Crippen LogP contribution in [-0.4, -0.2) is 29.3 Å². The summed E-state index contributed by atoms with van der Waals surface area (Å²) >= 11 is 3.45. The van der Waals surface area contributed by atoms with E-state index in [0.29, 0.717) is 6.54 Å². The second kappa shape index (κ2) is 7.15. The van der Waals surface area contributed by atoms with E-state index in [4.69, 9.17) is 4.74 Å². The summed E-state index contributed by atoms with van der Waals surface area (Å²) in [5, 5.41) is 9.77. The molecular formula is C18H18BrNO3. The van der Waals surface area contributed by atoms with E-state index in [1.54, 1.807) is 4.90 Å². The number of carbonyl (C=O) groups excluding carboxylic acids is 1. The molecule has 1 aliphatic heterocycles. The van der Waals surface area contributed by atoms with Gasteiger partial charge in [-0.3, -0.25) is 4.90 Å². The molecule has 1 heterocycles. The van der Waals surface area contributed by atoms with Crippen molar-refractivity contribution in [3.8, 4) is 0 Å². The first-order valence-corrected chi connectivity index (χ1v) is 8.35. The maximum Gasteiger partial charge on any atom is 0.410 e. The number of amides is 1. The lowest BCUT2D eigenvalue weighted by Gasteiger charge is -2.35. The number of hydrogen-bond donors (Lipinski definition) is 1. The van der Waals surface area contributed by atoms with Crippen LogP contribution in [0, 0.1) is 0 Å². The lowest BCUT2D eigenvalue weighted by atomic mass is 9.93. The van der Waals surface area contributed by atoms with E-state index in [1.165, 1.54) is 5.56 Å². The van der Waals surface area contributed by atoms with Gasteiger partial charge in [0.1, 0.15) is 6.61 Å². The number of rotatable bonds is 3. The molecule has 0 radical (unpaired) electrons. The van der Waals surface area contributed by atoms with Crippen LogP contribution in [0.2, 0.25) is 0 Å². The van der Waals surface area contributed by atoms with E-state index >= 15 is 0 Å². The summed E-state index contributed by atoms with van der Waals surface area (Å²) in [7, 11) is 0. The molecule has 120 valence electrons. The van der Waals surface area contributed by atoms with Gasteiger partial charge in [0.15, 0.2) is 0 Å². The van der Waals surface area contributed by atoms with E-state index in [0.717, 1.165) is 22.0 Å². The Morgan fingerprint density at radius 1 is 1.26 bits per heavy atom. The summed E-state index contributed by atoms with van der Waals surface area (Å²) in [6, 6.07) is 15.2. The molecule has 1 atom stereocenters. The molecule has 1 aliphatic rings. The molecule has 2 aromatic rings. The van der Waals surface area contributed by atoms with Crippen LogP contribution in [0.25, 0.3) is 0 Å².